The molecule has 2 atom stereocenters. The first-order chi connectivity index (χ1) is 12.6. The van der Waals surface area contributed by atoms with Crippen molar-refractivity contribution in [3.63, 3.8) is 0 Å². The summed E-state index contributed by atoms with van der Waals surface area (Å²) in [5, 5.41) is 4.74. The van der Waals surface area contributed by atoms with Crippen LogP contribution in [0.4, 0.5) is 23.1 Å². The Labute approximate surface area is 154 Å². The summed E-state index contributed by atoms with van der Waals surface area (Å²) in [5.74, 6) is 7.88. The van der Waals surface area contributed by atoms with Crippen molar-refractivity contribution in [2.45, 2.75) is 45.2 Å². The number of anilines is 4. The number of hydrogen-bond donors (Lipinski definition) is 4. The zero-order chi connectivity index (χ0) is 19.1. The van der Waals surface area contributed by atoms with Crippen LogP contribution in [-0.4, -0.2) is 29.2 Å². The van der Waals surface area contributed by atoms with Gasteiger partial charge >= 0.3 is 0 Å². The van der Waals surface area contributed by atoms with Crippen LogP contribution in [0.15, 0.2) is 30.5 Å². The van der Waals surface area contributed by atoms with Gasteiger partial charge in [-0.1, -0.05) is 13.8 Å². The van der Waals surface area contributed by atoms with E-state index in [0.717, 1.165) is 30.7 Å². The van der Waals surface area contributed by atoms with Gasteiger partial charge in [-0.2, -0.15) is 4.98 Å². The topological polar surface area (TPSA) is 128 Å². The SMILES string of the molecule is CC.COc1ccc(N(N)c2nc(NC3CCC(N)C3)ncc2N)cc1. The fourth-order valence-electron chi connectivity index (χ4n) is 2.84. The highest BCUT2D eigenvalue weighted by molar-refractivity contribution is 5.70. The number of methoxy groups -OCH3 is 1. The maximum atomic E-state index is 6.18. The van der Waals surface area contributed by atoms with Crippen LogP contribution >= 0.6 is 0 Å². The van der Waals surface area contributed by atoms with E-state index >= 15 is 0 Å². The van der Waals surface area contributed by atoms with Crippen molar-refractivity contribution in [3.8, 4) is 5.75 Å². The van der Waals surface area contributed by atoms with E-state index < -0.39 is 0 Å². The van der Waals surface area contributed by atoms with E-state index in [4.69, 9.17) is 22.0 Å². The molecule has 1 aromatic carbocycles. The summed E-state index contributed by atoms with van der Waals surface area (Å²) in [6, 6.07) is 7.84. The van der Waals surface area contributed by atoms with Gasteiger partial charge in [0.05, 0.1) is 24.7 Å². The van der Waals surface area contributed by atoms with Gasteiger partial charge < -0.3 is 21.5 Å². The molecule has 0 bridgehead atoms. The van der Waals surface area contributed by atoms with Gasteiger partial charge in [-0.25, -0.2) is 10.8 Å². The summed E-state index contributed by atoms with van der Waals surface area (Å²) in [4.78, 5) is 8.70. The molecule has 2 unspecified atom stereocenters. The molecule has 0 saturated heterocycles. The van der Waals surface area contributed by atoms with E-state index in [-0.39, 0.29) is 12.1 Å². The molecule has 1 aromatic heterocycles. The standard InChI is InChI=1S/C16H23N7O.C2H6/c1-24-13-6-4-12(5-7-13)23(19)15-14(18)9-20-16(22-15)21-11-3-2-10(17)8-11;1-2/h4-7,9-11H,2-3,8,17-19H2,1H3,(H,20,21,22);1-2H3. The summed E-state index contributed by atoms with van der Waals surface area (Å²) in [5.41, 5.74) is 13.1. The highest BCUT2D eigenvalue weighted by Gasteiger charge is 2.22. The lowest BCUT2D eigenvalue weighted by molar-refractivity contribution is 0.415. The van der Waals surface area contributed by atoms with E-state index in [2.05, 4.69) is 15.3 Å². The van der Waals surface area contributed by atoms with Gasteiger partial charge in [0.25, 0.3) is 0 Å². The van der Waals surface area contributed by atoms with E-state index in [1.807, 2.05) is 38.1 Å². The van der Waals surface area contributed by atoms with Crippen molar-refractivity contribution in [2.75, 3.05) is 23.2 Å². The van der Waals surface area contributed by atoms with Gasteiger partial charge in [0.1, 0.15) is 5.75 Å². The molecule has 142 valence electrons. The van der Waals surface area contributed by atoms with Gasteiger partial charge in [0, 0.05) is 12.1 Å². The quantitative estimate of drug-likeness (QED) is 0.473. The second-order valence-electron chi connectivity index (χ2n) is 5.95. The van der Waals surface area contributed by atoms with Gasteiger partial charge in [0.15, 0.2) is 5.82 Å². The average Bonchev–Trinajstić information content (AvgIpc) is 3.09. The first kappa shape index (κ1) is 19.7. The summed E-state index contributed by atoms with van der Waals surface area (Å²) in [7, 11) is 1.62. The molecule has 0 radical (unpaired) electrons. The number of nitrogens with two attached hydrogens (primary N) is 3. The zero-order valence-corrected chi connectivity index (χ0v) is 15.6. The first-order valence-electron chi connectivity index (χ1n) is 8.90. The Bertz CT molecular complexity index is 692. The molecule has 0 aliphatic heterocycles. The third-order valence-electron chi connectivity index (χ3n) is 4.18. The smallest absolute Gasteiger partial charge is 0.225 e. The van der Waals surface area contributed by atoms with E-state index in [9.17, 15) is 0 Å². The molecule has 7 N–H and O–H groups in total. The molecular formula is C18H29N7O. The maximum absolute atomic E-state index is 6.18. The number of nitrogens with zero attached hydrogens (tertiary/aromatic N) is 3. The number of hydrazine groups is 1. The lowest BCUT2D eigenvalue weighted by atomic mass is 10.2. The summed E-state index contributed by atoms with van der Waals surface area (Å²) in [6.45, 7) is 4.00. The third kappa shape index (κ3) is 4.74. The molecule has 8 nitrogen and oxygen atoms in total. The Morgan fingerprint density at radius 1 is 1.19 bits per heavy atom. The second-order valence-corrected chi connectivity index (χ2v) is 5.95. The Kier molecular flexibility index (Phi) is 6.99. The number of rotatable bonds is 5. The van der Waals surface area contributed by atoms with Crippen molar-refractivity contribution in [1.29, 1.82) is 0 Å². The van der Waals surface area contributed by atoms with Crippen molar-refractivity contribution < 1.29 is 4.74 Å². The molecule has 8 heteroatoms. The molecule has 26 heavy (non-hydrogen) atoms. The molecule has 1 aliphatic carbocycles. The van der Waals surface area contributed by atoms with Gasteiger partial charge in [0.2, 0.25) is 5.95 Å². The van der Waals surface area contributed by atoms with Gasteiger partial charge in [-0.05, 0) is 43.5 Å². The minimum Gasteiger partial charge on any atom is -0.497 e. The highest BCUT2D eigenvalue weighted by Crippen LogP contribution is 2.28. The van der Waals surface area contributed by atoms with E-state index in [0.29, 0.717) is 17.5 Å². The van der Waals surface area contributed by atoms with Crippen molar-refractivity contribution >= 4 is 23.1 Å². The largest absolute Gasteiger partial charge is 0.497 e. The normalized spacial score (nSPS) is 18.7. The fourth-order valence-corrected chi connectivity index (χ4v) is 2.84. The van der Waals surface area contributed by atoms with Crippen LogP contribution in [0.2, 0.25) is 0 Å². The summed E-state index contributed by atoms with van der Waals surface area (Å²) >= 11 is 0. The first-order valence-corrected chi connectivity index (χ1v) is 8.90. The Hall–Kier alpha value is -2.58. The van der Waals surface area contributed by atoms with E-state index in [1.54, 1.807) is 13.3 Å². The van der Waals surface area contributed by atoms with Crippen LogP contribution in [0.5, 0.6) is 5.75 Å². The minimum atomic E-state index is 0.237. The number of hydrogen-bond acceptors (Lipinski definition) is 8. The number of aromatic nitrogens is 2. The van der Waals surface area contributed by atoms with Crippen molar-refractivity contribution in [1.82, 2.24) is 9.97 Å². The molecule has 1 fully saturated rings. The number of benzene rings is 1. The van der Waals surface area contributed by atoms with Crippen LogP contribution in [0.3, 0.4) is 0 Å². The number of ether oxygens (including phenoxy) is 1. The molecule has 1 aliphatic rings. The van der Waals surface area contributed by atoms with Gasteiger partial charge in [-0.3, -0.25) is 5.01 Å². The zero-order valence-electron chi connectivity index (χ0n) is 15.6. The average molecular weight is 359 g/mol. The maximum Gasteiger partial charge on any atom is 0.225 e. The number of nitrogens with one attached hydrogen (secondary N) is 1. The van der Waals surface area contributed by atoms with Crippen LogP contribution < -0.4 is 32.4 Å². The molecule has 3 rings (SSSR count). The predicted octanol–water partition coefficient (Wildman–Crippen LogP) is 2.40. The molecule has 0 spiro atoms. The lowest BCUT2D eigenvalue weighted by Gasteiger charge is -2.21. The summed E-state index contributed by atoms with van der Waals surface area (Å²) in [6.07, 6.45) is 4.49. The summed E-state index contributed by atoms with van der Waals surface area (Å²) < 4.78 is 5.15. The highest BCUT2D eigenvalue weighted by atomic mass is 16.5. The second kappa shape index (κ2) is 9.21. The Balaban J connectivity index is 0.00000117. The fraction of sp³-hybridized carbons (Fsp3) is 0.444. The number of nitrogen functional groups attached to an aromatic ring is 1. The van der Waals surface area contributed by atoms with Gasteiger partial charge in [-0.15, -0.1) is 0 Å². The molecule has 1 heterocycles. The van der Waals surface area contributed by atoms with Crippen LogP contribution in [0, 0.1) is 0 Å². The van der Waals surface area contributed by atoms with Crippen LogP contribution in [-0.2, 0) is 0 Å². The molecule has 1 saturated carbocycles. The lowest BCUT2D eigenvalue weighted by Crippen LogP contribution is -2.28. The monoisotopic (exact) mass is 359 g/mol. The Morgan fingerprint density at radius 2 is 1.88 bits per heavy atom. The molecular weight excluding hydrogens is 330 g/mol. The van der Waals surface area contributed by atoms with Crippen molar-refractivity contribution in [2.24, 2.45) is 11.6 Å². The minimum absolute atomic E-state index is 0.237. The van der Waals surface area contributed by atoms with E-state index in [1.165, 1.54) is 5.01 Å². The Morgan fingerprint density at radius 3 is 2.46 bits per heavy atom. The molecule has 2 aromatic rings. The van der Waals surface area contributed by atoms with Crippen LogP contribution in [0.25, 0.3) is 0 Å². The van der Waals surface area contributed by atoms with Crippen LogP contribution in [0.1, 0.15) is 33.1 Å². The predicted molar refractivity (Wildman–Crippen MR) is 106 cm³/mol. The molecule has 0 amide bonds. The van der Waals surface area contributed by atoms with Crippen molar-refractivity contribution in [3.05, 3.63) is 30.5 Å². The third-order valence-corrected chi connectivity index (χ3v) is 4.18.